The van der Waals surface area contributed by atoms with Crippen molar-refractivity contribution in [2.75, 3.05) is 11.9 Å². The Hall–Kier alpha value is -1.65. The molecule has 21 heavy (non-hydrogen) atoms. The Morgan fingerprint density at radius 3 is 2.62 bits per heavy atom. The lowest BCUT2D eigenvalue weighted by molar-refractivity contribution is 0.191. The van der Waals surface area contributed by atoms with Gasteiger partial charge in [0.15, 0.2) is 0 Å². The Balaban J connectivity index is 2.09. The second-order valence-electron chi connectivity index (χ2n) is 4.96. The van der Waals surface area contributed by atoms with Crippen molar-refractivity contribution in [2.45, 2.75) is 32.8 Å². The topological polar surface area (TPSA) is 58.0 Å². The summed E-state index contributed by atoms with van der Waals surface area (Å²) in [7, 11) is 0. The second-order valence-corrected chi connectivity index (χ2v) is 5.32. The third-order valence-corrected chi connectivity index (χ3v) is 3.62. The van der Waals surface area contributed by atoms with Crippen molar-refractivity contribution < 1.29 is 5.11 Å². The molecule has 2 rings (SSSR count). The number of nitrogens with one attached hydrogen (secondary N) is 1. The molecule has 0 amide bonds. The molecule has 1 aromatic carbocycles. The number of hydrogen-bond donors (Lipinski definition) is 2. The summed E-state index contributed by atoms with van der Waals surface area (Å²) in [5.41, 5.74) is 1.67. The van der Waals surface area contributed by atoms with Gasteiger partial charge >= 0.3 is 0 Å². The fraction of sp³-hybridized carbons (Fsp3) is 0.375. The molecule has 1 heterocycles. The number of hydrogen-bond acceptors (Lipinski definition) is 4. The average Bonchev–Trinajstić information content (AvgIpc) is 2.50. The SMILES string of the molecule is CCCc1nc(Cl)c(C)c(NCC(O)c2ccccc2)n1. The lowest BCUT2D eigenvalue weighted by Gasteiger charge is -2.15. The molecule has 0 radical (unpaired) electrons. The van der Waals surface area contributed by atoms with Gasteiger partial charge in [-0.1, -0.05) is 48.9 Å². The first-order valence-electron chi connectivity index (χ1n) is 7.11. The molecule has 0 aliphatic rings. The van der Waals surface area contributed by atoms with Crippen LogP contribution in [0, 0.1) is 6.92 Å². The van der Waals surface area contributed by atoms with E-state index in [1.54, 1.807) is 0 Å². The van der Waals surface area contributed by atoms with E-state index >= 15 is 0 Å². The second kappa shape index (κ2) is 7.38. The number of benzene rings is 1. The maximum absolute atomic E-state index is 10.2. The van der Waals surface area contributed by atoms with Crippen molar-refractivity contribution >= 4 is 17.4 Å². The van der Waals surface area contributed by atoms with E-state index in [-0.39, 0.29) is 0 Å². The van der Waals surface area contributed by atoms with Crippen molar-refractivity contribution in [2.24, 2.45) is 0 Å². The van der Waals surface area contributed by atoms with E-state index < -0.39 is 6.10 Å². The van der Waals surface area contributed by atoms with Crippen LogP contribution in [0.15, 0.2) is 30.3 Å². The van der Waals surface area contributed by atoms with Gasteiger partial charge in [-0.2, -0.15) is 0 Å². The smallest absolute Gasteiger partial charge is 0.137 e. The fourth-order valence-electron chi connectivity index (χ4n) is 2.03. The molecule has 0 aliphatic heterocycles. The van der Waals surface area contributed by atoms with Crippen LogP contribution in [-0.2, 0) is 6.42 Å². The van der Waals surface area contributed by atoms with Gasteiger partial charge in [0.05, 0.1) is 6.10 Å². The molecule has 2 N–H and O–H groups in total. The Labute approximate surface area is 130 Å². The van der Waals surface area contributed by atoms with Crippen LogP contribution in [0.1, 0.15) is 36.4 Å². The Bertz CT molecular complexity index is 590. The zero-order valence-electron chi connectivity index (χ0n) is 12.3. The highest BCUT2D eigenvalue weighted by atomic mass is 35.5. The fourth-order valence-corrected chi connectivity index (χ4v) is 2.21. The van der Waals surface area contributed by atoms with Gasteiger partial charge in [0.1, 0.15) is 16.8 Å². The predicted molar refractivity (Wildman–Crippen MR) is 85.7 cm³/mol. The van der Waals surface area contributed by atoms with Crippen molar-refractivity contribution in [1.82, 2.24) is 9.97 Å². The molecule has 0 saturated heterocycles. The van der Waals surface area contributed by atoms with E-state index in [1.807, 2.05) is 37.3 Å². The van der Waals surface area contributed by atoms with Crippen LogP contribution in [0.5, 0.6) is 0 Å². The highest BCUT2D eigenvalue weighted by molar-refractivity contribution is 6.30. The lowest BCUT2D eigenvalue weighted by atomic mass is 10.1. The summed E-state index contributed by atoms with van der Waals surface area (Å²) in [6, 6.07) is 9.54. The highest BCUT2D eigenvalue weighted by Gasteiger charge is 2.11. The molecule has 5 heteroatoms. The molecule has 0 bridgehead atoms. The van der Waals surface area contributed by atoms with Gasteiger partial charge in [-0.3, -0.25) is 0 Å². The average molecular weight is 306 g/mol. The maximum Gasteiger partial charge on any atom is 0.137 e. The molecule has 0 fully saturated rings. The van der Waals surface area contributed by atoms with E-state index in [4.69, 9.17) is 11.6 Å². The van der Waals surface area contributed by atoms with Crippen LogP contribution >= 0.6 is 11.6 Å². The first-order chi connectivity index (χ1) is 10.1. The lowest BCUT2D eigenvalue weighted by Crippen LogP contribution is -2.15. The van der Waals surface area contributed by atoms with Gasteiger partial charge in [0.25, 0.3) is 0 Å². The first kappa shape index (κ1) is 15.7. The van der Waals surface area contributed by atoms with Gasteiger partial charge in [0.2, 0.25) is 0 Å². The number of halogens is 1. The van der Waals surface area contributed by atoms with Gasteiger partial charge < -0.3 is 10.4 Å². The number of aliphatic hydroxyl groups is 1. The highest BCUT2D eigenvalue weighted by Crippen LogP contribution is 2.21. The maximum atomic E-state index is 10.2. The van der Waals surface area contributed by atoms with E-state index in [0.717, 1.165) is 29.8 Å². The molecule has 112 valence electrons. The van der Waals surface area contributed by atoms with Gasteiger partial charge in [-0.15, -0.1) is 0 Å². The number of aromatic nitrogens is 2. The molecule has 1 aromatic heterocycles. The summed E-state index contributed by atoms with van der Waals surface area (Å²) in [6.07, 6.45) is 1.16. The van der Waals surface area contributed by atoms with Crippen LogP contribution < -0.4 is 5.32 Å². The minimum absolute atomic E-state index is 0.379. The standard InChI is InChI=1S/C16H20ClN3O/c1-3-7-14-19-15(17)11(2)16(20-14)18-10-13(21)12-8-5-4-6-9-12/h4-6,8-9,13,21H,3,7,10H2,1-2H3,(H,18,19,20). The monoisotopic (exact) mass is 305 g/mol. The third-order valence-electron chi connectivity index (χ3n) is 3.25. The van der Waals surface area contributed by atoms with Crippen molar-refractivity contribution in [1.29, 1.82) is 0 Å². The number of aliphatic hydroxyl groups excluding tert-OH is 1. The zero-order valence-corrected chi connectivity index (χ0v) is 13.1. The molecule has 0 spiro atoms. The molecule has 0 saturated carbocycles. The van der Waals surface area contributed by atoms with Crippen molar-refractivity contribution in [3.05, 3.63) is 52.4 Å². The summed E-state index contributed by atoms with van der Waals surface area (Å²) >= 11 is 6.13. The number of anilines is 1. The predicted octanol–water partition coefficient (Wildman–Crippen LogP) is 3.54. The number of rotatable bonds is 6. The summed E-state index contributed by atoms with van der Waals surface area (Å²) in [4.78, 5) is 8.73. The van der Waals surface area contributed by atoms with E-state index in [9.17, 15) is 5.11 Å². The molecule has 4 nitrogen and oxygen atoms in total. The van der Waals surface area contributed by atoms with Crippen LogP contribution in [0.2, 0.25) is 5.15 Å². The van der Waals surface area contributed by atoms with Crippen LogP contribution in [0.4, 0.5) is 5.82 Å². The minimum Gasteiger partial charge on any atom is -0.387 e. The quantitative estimate of drug-likeness (QED) is 0.802. The van der Waals surface area contributed by atoms with Gasteiger partial charge in [0, 0.05) is 18.5 Å². The Morgan fingerprint density at radius 2 is 1.95 bits per heavy atom. The molecule has 1 atom stereocenters. The van der Waals surface area contributed by atoms with Crippen LogP contribution in [0.25, 0.3) is 0 Å². The van der Waals surface area contributed by atoms with E-state index in [0.29, 0.717) is 17.5 Å². The van der Waals surface area contributed by atoms with Crippen LogP contribution in [0.3, 0.4) is 0 Å². The number of aryl methyl sites for hydroxylation is 1. The molecule has 0 aliphatic carbocycles. The third kappa shape index (κ3) is 4.16. The summed E-state index contributed by atoms with van der Waals surface area (Å²) in [5, 5.41) is 13.8. The van der Waals surface area contributed by atoms with E-state index in [2.05, 4.69) is 22.2 Å². The summed E-state index contributed by atoms with van der Waals surface area (Å²) in [6.45, 7) is 4.32. The molecular weight excluding hydrogens is 286 g/mol. The molecular formula is C16H20ClN3O. The largest absolute Gasteiger partial charge is 0.387 e. The van der Waals surface area contributed by atoms with Crippen molar-refractivity contribution in [3.63, 3.8) is 0 Å². The normalized spacial score (nSPS) is 12.2. The Kier molecular flexibility index (Phi) is 5.53. The number of nitrogens with zero attached hydrogens (tertiary/aromatic N) is 2. The van der Waals surface area contributed by atoms with Crippen molar-refractivity contribution in [3.8, 4) is 0 Å². The minimum atomic E-state index is -0.589. The molecule has 2 aromatic rings. The summed E-state index contributed by atoms with van der Waals surface area (Å²) < 4.78 is 0. The summed E-state index contributed by atoms with van der Waals surface area (Å²) in [5.74, 6) is 1.42. The zero-order chi connectivity index (χ0) is 15.2. The first-order valence-corrected chi connectivity index (χ1v) is 7.49. The van der Waals surface area contributed by atoms with Crippen LogP contribution in [-0.4, -0.2) is 21.6 Å². The van der Waals surface area contributed by atoms with E-state index in [1.165, 1.54) is 0 Å². The van der Waals surface area contributed by atoms with Gasteiger partial charge in [-0.25, -0.2) is 9.97 Å². The molecule has 1 unspecified atom stereocenters. The Morgan fingerprint density at radius 1 is 1.24 bits per heavy atom. The van der Waals surface area contributed by atoms with Gasteiger partial charge in [-0.05, 0) is 18.9 Å².